The molecule has 2 aromatic rings. The maximum Gasteiger partial charge on any atom is 0.416 e. The topological polar surface area (TPSA) is 113 Å². The molecule has 1 unspecified atom stereocenters. The molecule has 34 heavy (non-hydrogen) atoms. The highest BCUT2D eigenvalue weighted by molar-refractivity contribution is 6.01. The van der Waals surface area contributed by atoms with Gasteiger partial charge in [-0.3, -0.25) is 14.4 Å². The first-order valence-corrected chi connectivity index (χ1v) is 9.67. The van der Waals surface area contributed by atoms with E-state index in [-0.39, 0.29) is 11.3 Å². The Morgan fingerprint density at radius 1 is 0.971 bits per heavy atom. The molecular formula is C21H20F6N4O3. The number of rotatable bonds is 8. The largest absolute Gasteiger partial charge is 0.416 e. The summed E-state index contributed by atoms with van der Waals surface area (Å²) in [6.45, 7) is 0.149. The lowest BCUT2D eigenvalue weighted by Crippen LogP contribution is -2.46. The van der Waals surface area contributed by atoms with Crippen molar-refractivity contribution in [3.05, 3.63) is 64.7 Å². The van der Waals surface area contributed by atoms with Gasteiger partial charge in [0.2, 0.25) is 11.8 Å². The third-order valence-electron chi connectivity index (χ3n) is 4.60. The summed E-state index contributed by atoms with van der Waals surface area (Å²) in [5.74, 6) is -2.77. The van der Waals surface area contributed by atoms with Crippen LogP contribution in [0, 0.1) is 0 Å². The zero-order chi connectivity index (χ0) is 25.7. The van der Waals surface area contributed by atoms with Gasteiger partial charge in [0.25, 0.3) is 5.91 Å². The third kappa shape index (κ3) is 7.12. The van der Waals surface area contributed by atoms with Crippen LogP contribution in [0.15, 0.2) is 42.5 Å². The number of carbonyl (C=O) groups excluding carboxylic acids is 3. The van der Waals surface area contributed by atoms with Gasteiger partial charge < -0.3 is 21.7 Å². The number of anilines is 1. The first kappa shape index (κ1) is 26.5. The van der Waals surface area contributed by atoms with Gasteiger partial charge in [0.15, 0.2) is 0 Å². The number of halogens is 6. The number of amides is 3. The molecule has 3 amide bonds. The summed E-state index contributed by atoms with van der Waals surface area (Å²) >= 11 is 0. The molecule has 0 fully saturated rings. The SMILES string of the molecule is CC(NC(=O)CNC(=O)c1cc(C(F)(F)F)ccc1NCc1ccccc1C(F)(F)F)C(N)=O. The van der Waals surface area contributed by atoms with Crippen molar-refractivity contribution in [2.24, 2.45) is 5.73 Å². The van der Waals surface area contributed by atoms with Crippen LogP contribution in [0.1, 0.15) is 34.0 Å². The van der Waals surface area contributed by atoms with Crippen LogP contribution in [-0.4, -0.2) is 30.3 Å². The highest BCUT2D eigenvalue weighted by atomic mass is 19.4. The Balaban J connectivity index is 2.26. The Bertz CT molecular complexity index is 1070. The second-order valence-corrected chi connectivity index (χ2v) is 7.14. The van der Waals surface area contributed by atoms with E-state index in [4.69, 9.17) is 5.73 Å². The van der Waals surface area contributed by atoms with E-state index < -0.39 is 65.9 Å². The Kier molecular flexibility index (Phi) is 8.13. The predicted octanol–water partition coefficient (Wildman–Crippen LogP) is 3.06. The maximum absolute atomic E-state index is 13.2. The zero-order valence-corrected chi connectivity index (χ0v) is 17.6. The monoisotopic (exact) mass is 490 g/mol. The lowest BCUT2D eigenvalue weighted by Gasteiger charge is -2.17. The summed E-state index contributed by atoms with van der Waals surface area (Å²) in [6, 6.07) is 5.61. The van der Waals surface area contributed by atoms with Crippen molar-refractivity contribution in [1.82, 2.24) is 10.6 Å². The number of alkyl halides is 6. The highest BCUT2D eigenvalue weighted by Crippen LogP contribution is 2.34. The van der Waals surface area contributed by atoms with Crippen LogP contribution in [0.4, 0.5) is 32.0 Å². The van der Waals surface area contributed by atoms with Gasteiger partial charge in [-0.15, -0.1) is 0 Å². The van der Waals surface area contributed by atoms with E-state index in [0.29, 0.717) is 12.1 Å². The quantitative estimate of drug-likeness (QED) is 0.426. The summed E-state index contributed by atoms with van der Waals surface area (Å²) in [5, 5.41) is 6.82. The van der Waals surface area contributed by atoms with E-state index in [9.17, 15) is 40.7 Å². The zero-order valence-electron chi connectivity index (χ0n) is 17.6. The van der Waals surface area contributed by atoms with Gasteiger partial charge in [-0.1, -0.05) is 18.2 Å². The fourth-order valence-corrected chi connectivity index (χ4v) is 2.82. The highest BCUT2D eigenvalue weighted by Gasteiger charge is 2.34. The smallest absolute Gasteiger partial charge is 0.380 e. The molecule has 2 aromatic carbocycles. The summed E-state index contributed by atoms with van der Waals surface area (Å²) in [5.41, 5.74) is 1.96. The van der Waals surface area contributed by atoms with Gasteiger partial charge in [0, 0.05) is 12.2 Å². The van der Waals surface area contributed by atoms with Crippen LogP contribution in [0.3, 0.4) is 0 Å². The van der Waals surface area contributed by atoms with Crippen LogP contribution in [0.2, 0.25) is 0 Å². The van der Waals surface area contributed by atoms with E-state index in [1.807, 2.05) is 0 Å². The molecule has 1 atom stereocenters. The summed E-state index contributed by atoms with van der Waals surface area (Å²) in [6.07, 6.45) is -9.46. The normalized spacial score (nSPS) is 12.6. The molecule has 0 aliphatic carbocycles. The first-order valence-electron chi connectivity index (χ1n) is 9.67. The third-order valence-corrected chi connectivity index (χ3v) is 4.60. The molecule has 0 aromatic heterocycles. The fraction of sp³-hybridized carbons (Fsp3) is 0.286. The second kappa shape index (κ2) is 10.4. The molecule has 2 rings (SSSR count). The van der Waals surface area contributed by atoms with Gasteiger partial charge in [-0.05, 0) is 36.8 Å². The number of nitrogens with one attached hydrogen (secondary N) is 3. The Morgan fingerprint density at radius 3 is 2.21 bits per heavy atom. The van der Waals surface area contributed by atoms with Crippen molar-refractivity contribution < 1.29 is 40.7 Å². The lowest BCUT2D eigenvalue weighted by molar-refractivity contribution is -0.138. The molecular weight excluding hydrogens is 470 g/mol. The molecule has 7 nitrogen and oxygen atoms in total. The molecule has 184 valence electrons. The van der Waals surface area contributed by atoms with Gasteiger partial charge in [0.1, 0.15) is 6.04 Å². The molecule has 0 heterocycles. The fourth-order valence-electron chi connectivity index (χ4n) is 2.82. The molecule has 0 spiro atoms. The number of hydrogen-bond donors (Lipinski definition) is 4. The van der Waals surface area contributed by atoms with Crippen molar-refractivity contribution in [1.29, 1.82) is 0 Å². The number of primary amides is 1. The van der Waals surface area contributed by atoms with Crippen LogP contribution in [0.25, 0.3) is 0 Å². The molecule has 5 N–H and O–H groups in total. The number of carbonyl (C=O) groups is 3. The standard InChI is InChI=1S/C21H20F6N4O3/c1-11(18(28)33)31-17(32)10-30-19(34)14-8-13(20(22,23)24)6-7-16(14)29-9-12-4-2-3-5-15(12)21(25,26)27/h2-8,11,29H,9-10H2,1H3,(H2,28,33)(H,30,34)(H,31,32). The summed E-state index contributed by atoms with van der Waals surface area (Å²) < 4.78 is 79.0. The minimum Gasteiger partial charge on any atom is -0.380 e. The van der Waals surface area contributed by atoms with E-state index in [1.165, 1.54) is 25.1 Å². The molecule has 0 bridgehead atoms. The number of nitrogens with two attached hydrogens (primary N) is 1. The van der Waals surface area contributed by atoms with Crippen molar-refractivity contribution in [3.63, 3.8) is 0 Å². The first-order chi connectivity index (χ1) is 15.7. The minimum absolute atomic E-state index is 0.187. The van der Waals surface area contributed by atoms with E-state index in [0.717, 1.165) is 12.1 Å². The van der Waals surface area contributed by atoms with Crippen LogP contribution in [-0.2, 0) is 28.5 Å². The van der Waals surface area contributed by atoms with Gasteiger partial charge in [-0.25, -0.2) is 0 Å². The van der Waals surface area contributed by atoms with Crippen LogP contribution in [0.5, 0.6) is 0 Å². The Labute approximate surface area is 189 Å². The minimum atomic E-state index is -4.80. The number of benzene rings is 2. The molecule has 0 aliphatic heterocycles. The van der Waals surface area contributed by atoms with Crippen molar-refractivity contribution >= 4 is 23.4 Å². The van der Waals surface area contributed by atoms with E-state index in [2.05, 4.69) is 16.0 Å². The summed E-state index contributed by atoms with van der Waals surface area (Å²) in [4.78, 5) is 35.3. The molecule has 13 heteroatoms. The predicted molar refractivity (Wildman–Crippen MR) is 109 cm³/mol. The molecule has 0 radical (unpaired) electrons. The Morgan fingerprint density at radius 2 is 1.62 bits per heavy atom. The van der Waals surface area contributed by atoms with Gasteiger partial charge in [-0.2, -0.15) is 26.3 Å². The lowest BCUT2D eigenvalue weighted by atomic mass is 10.0. The number of hydrogen-bond acceptors (Lipinski definition) is 4. The van der Waals surface area contributed by atoms with E-state index >= 15 is 0 Å². The molecule has 0 aliphatic rings. The van der Waals surface area contributed by atoms with Crippen LogP contribution >= 0.6 is 0 Å². The molecule has 0 saturated carbocycles. The van der Waals surface area contributed by atoms with Crippen LogP contribution < -0.4 is 21.7 Å². The summed E-state index contributed by atoms with van der Waals surface area (Å²) in [7, 11) is 0. The average Bonchev–Trinajstić information content (AvgIpc) is 2.74. The average molecular weight is 490 g/mol. The van der Waals surface area contributed by atoms with Gasteiger partial charge in [0.05, 0.1) is 23.2 Å². The van der Waals surface area contributed by atoms with Gasteiger partial charge >= 0.3 is 12.4 Å². The van der Waals surface area contributed by atoms with Crippen molar-refractivity contribution in [2.75, 3.05) is 11.9 Å². The van der Waals surface area contributed by atoms with Crippen molar-refractivity contribution in [2.45, 2.75) is 31.9 Å². The maximum atomic E-state index is 13.2. The van der Waals surface area contributed by atoms with Crippen molar-refractivity contribution in [3.8, 4) is 0 Å². The van der Waals surface area contributed by atoms with E-state index in [1.54, 1.807) is 0 Å². The second-order valence-electron chi connectivity index (χ2n) is 7.14. The molecule has 0 saturated heterocycles. The Hall–Kier alpha value is -3.77.